The van der Waals surface area contributed by atoms with E-state index in [9.17, 15) is 0 Å². The first-order valence-corrected chi connectivity index (χ1v) is 4.47. The highest BCUT2D eigenvalue weighted by Crippen LogP contribution is 2.35. The molecule has 4 nitrogen and oxygen atoms in total. The molecule has 14 heavy (non-hydrogen) atoms. The summed E-state index contributed by atoms with van der Waals surface area (Å²) in [5, 5.41) is 8.81. The highest BCUT2D eigenvalue weighted by molar-refractivity contribution is 5.46. The molecule has 1 aliphatic heterocycles. The zero-order valence-electron chi connectivity index (χ0n) is 7.90. The highest BCUT2D eigenvalue weighted by Gasteiger charge is 2.14. The van der Waals surface area contributed by atoms with Crippen molar-refractivity contribution in [2.75, 3.05) is 13.4 Å². The van der Waals surface area contributed by atoms with E-state index in [1.54, 1.807) is 25.1 Å². The smallest absolute Gasteiger partial charge is 0.231 e. The minimum absolute atomic E-state index is 0.00551. The van der Waals surface area contributed by atoms with Gasteiger partial charge < -0.3 is 19.3 Å². The van der Waals surface area contributed by atoms with Gasteiger partial charge in [-0.05, 0) is 19.1 Å². The van der Waals surface area contributed by atoms with E-state index >= 15 is 0 Å². The van der Waals surface area contributed by atoms with Gasteiger partial charge in [0.15, 0.2) is 11.5 Å². The fourth-order valence-corrected chi connectivity index (χ4v) is 1.22. The Bertz CT molecular complexity index is 324. The van der Waals surface area contributed by atoms with Crippen molar-refractivity contribution in [1.29, 1.82) is 0 Å². The first-order chi connectivity index (χ1) is 6.79. The molecule has 0 amide bonds. The third-order valence-corrected chi connectivity index (χ3v) is 1.94. The second-order valence-electron chi connectivity index (χ2n) is 3.13. The Balaban J connectivity index is 2.12. The fraction of sp³-hybridized carbons (Fsp3) is 0.400. The summed E-state index contributed by atoms with van der Waals surface area (Å²) in [6.45, 7) is 2.05. The number of aliphatic hydroxyl groups excluding tert-OH is 1. The zero-order valence-corrected chi connectivity index (χ0v) is 7.90. The molecular weight excluding hydrogens is 184 g/mol. The van der Waals surface area contributed by atoms with E-state index in [1.807, 2.05) is 0 Å². The lowest BCUT2D eigenvalue weighted by Gasteiger charge is -2.11. The van der Waals surface area contributed by atoms with Crippen molar-refractivity contribution >= 4 is 0 Å². The third kappa shape index (κ3) is 1.75. The summed E-state index contributed by atoms with van der Waals surface area (Å²) in [7, 11) is 0. The third-order valence-electron chi connectivity index (χ3n) is 1.94. The van der Waals surface area contributed by atoms with Crippen LogP contribution in [0.4, 0.5) is 0 Å². The monoisotopic (exact) mass is 196 g/mol. The number of hydrogen-bond acceptors (Lipinski definition) is 4. The molecule has 0 aliphatic carbocycles. The zero-order chi connectivity index (χ0) is 9.97. The van der Waals surface area contributed by atoms with Gasteiger partial charge in [0.1, 0.15) is 11.9 Å². The number of rotatable bonds is 3. The van der Waals surface area contributed by atoms with Crippen LogP contribution in [0, 0.1) is 0 Å². The summed E-state index contributed by atoms with van der Waals surface area (Å²) in [4.78, 5) is 0. The molecule has 1 atom stereocenters. The molecule has 0 fully saturated rings. The van der Waals surface area contributed by atoms with Crippen LogP contribution < -0.4 is 14.2 Å². The second-order valence-corrected chi connectivity index (χ2v) is 3.13. The Labute approximate surface area is 82.0 Å². The maximum absolute atomic E-state index is 8.81. The van der Waals surface area contributed by atoms with E-state index in [0.29, 0.717) is 11.5 Å². The van der Waals surface area contributed by atoms with Crippen molar-refractivity contribution < 1.29 is 19.3 Å². The van der Waals surface area contributed by atoms with Crippen molar-refractivity contribution in [1.82, 2.24) is 0 Å². The molecule has 1 aliphatic rings. The van der Waals surface area contributed by atoms with E-state index < -0.39 is 0 Å². The Morgan fingerprint density at radius 1 is 1.43 bits per heavy atom. The molecule has 0 spiro atoms. The molecule has 4 heteroatoms. The van der Waals surface area contributed by atoms with Gasteiger partial charge in [-0.3, -0.25) is 0 Å². The fourth-order valence-electron chi connectivity index (χ4n) is 1.22. The number of hydrogen-bond donors (Lipinski definition) is 1. The lowest BCUT2D eigenvalue weighted by molar-refractivity contribution is 0.129. The molecule has 1 aromatic rings. The molecule has 1 N–H and O–H groups in total. The first-order valence-electron chi connectivity index (χ1n) is 4.47. The van der Waals surface area contributed by atoms with Gasteiger partial charge in [-0.1, -0.05) is 0 Å². The van der Waals surface area contributed by atoms with Gasteiger partial charge >= 0.3 is 0 Å². The molecule has 0 bridgehead atoms. The molecule has 1 unspecified atom stereocenters. The molecule has 0 aromatic heterocycles. The molecule has 0 saturated carbocycles. The van der Waals surface area contributed by atoms with Gasteiger partial charge in [-0.15, -0.1) is 0 Å². The first kappa shape index (κ1) is 9.15. The Kier molecular flexibility index (Phi) is 2.45. The van der Waals surface area contributed by atoms with Crippen molar-refractivity contribution in [2.24, 2.45) is 0 Å². The van der Waals surface area contributed by atoms with Crippen LogP contribution in [0.15, 0.2) is 18.2 Å². The van der Waals surface area contributed by atoms with Crippen molar-refractivity contribution in [3.8, 4) is 17.2 Å². The summed E-state index contributed by atoms with van der Waals surface area (Å²) >= 11 is 0. The van der Waals surface area contributed by atoms with Crippen LogP contribution in [0.25, 0.3) is 0 Å². The maximum Gasteiger partial charge on any atom is 0.231 e. The van der Waals surface area contributed by atoms with Crippen molar-refractivity contribution in [3.05, 3.63) is 18.2 Å². The number of ether oxygens (including phenoxy) is 3. The predicted molar refractivity (Wildman–Crippen MR) is 49.7 cm³/mol. The topological polar surface area (TPSA) is 47.9 Å². The summed E-state index contributed by atoms with van der Waals surface area (Å²) < 4.78 is 15.8. The molecule has 0 radical (unpaired) electrons. The van der Waals surface area contributed by atoms with E-state index in [-0.39, 0.29) is 19.5 Å². The van der Waals surface area contributed by atoms with Gasteiger partial charge in [0.05, 0.1) is 6.61 Å². The average Bonchev–Trinajstić information content (AvgIpc) is 2.64. The van der Waals surface area contributed by atoms with Gasteiger partial charge in [-0.25, -0.2) is 0 Å². The van der Waals surface area contributed by atoms with Gasteiger partial charge in [0.25, 0.3) is 0 Å². The van der Waals surface area contributed by atoms with E-state index in [4.69, 9.17) is 19.3 Å². The molecular formula is C10H12O4. The van der Waals surface area contributed by atoms with Crippen LogP contribution in [0.5, 0.6) is 17.2 Å². The largest absolute Gasteiger partial charge is 0.488 e. The van der Waals surface area contributed by atoms with Crippen molar-refractivity contribution in [2.45, 2.75) is 13.0 Å². The number of aliphatic hydroxyl groups is 1. The molecule has 0 saturated heterocycles. The van der Waals surface area contributed by atoms with E-state index in [0.717, 1.165) is 5.75 Å². The minimum Gasteiger partial charge on any atom is -0.488 e. The van der Waals surface area contributed by atoms with Crippen LogP contribution in [-0.2, 0) is 0 Å². The SMILES string of the molecule is CC(CO)Oc1ccc2c(c1)OCO2. The number of fused-ring (bicyclic) bond motifs is 1. The Morgan fingerprint density at radius 2 is 2.21 bits per heavy atom. The standard InChI is InChI=1S/C10H12O4/c1-7(5-11)14-8-2-3-9-10(4-8)13-6-12-9/h2-4,7,11H,5-6H2,1H3. The van der Waals surface area contributed by atoms with Crippen LogP contribution in [-0.4, -0.2) is 24.6 Å². The summed E-state index contributed by atoms with van der Waals surface area (Å²) in [6, 6.07) is 5.34. The lowest BCUT2D eigenvalue weighted by Crippen LogP contribution is -2.15. The molecule has 1 aromatic carbocycles. The van der Waals surface area contributed by atoms with Gasteiger partial charge in [0.2, 0.25) is 6.79 Å². The van der Waals surface area contributed by atoms with Crippen LogP contribution in [0.2, 0.25) is 0 Å². The Morgan fingerprint density at radius 3 is 3.00 bits per heavy atom. The molecule has 1 heterocycles. The van der Waals surface area contributed by atoms with Crippen LogP contribution >= 0.6 is 0 Å². The predicted octanol–water partition coefficient (Wildman–Crippen LogP) is 1.17. The van der Waals surface area contributed by atoms with E-state index in [2.05, 4.69) is 0 Å². The van der Waals surface area contributed by atoms with E-state index in [1.165, 1.54) is 0 Å². The highest BCUT2D eigenvalue weighted by atomic mass is 16.7. The Hall–Kier alpha value is -1.42. The normalized spacial score (nSPS) is 15.3. The molecule has 76 valence electrons. The van der Waals surface area contributed by atoms with Gasteiger partial charge in [-0.2, -0.15) is 0 Å². The minimum atomic E-state index is -0.213. The summed E-state index contributed by atoms with van der Waals surface area (Å²) in [5.41, 5.74) is 0. The summed E-state index contributed by atoms with van der Waals surface area (Å²) in [6.07, 6.45) is -0.213. The second kappa shape index (κ2) is 3.75. The maximum atomic E-state index is 8.81. The summed E-state index contributed by atoms with van der Waals surface area (Å²) in [5.74, 6) is 2.09. The van der Waals surface area contributed by atoms with Crippen LogP contribution in [0.3, 0.4) is 0 Å². The molecule has 2 rings (SSSR count). The number of benzene rings is 1. The van der Waals surface area contributed by atoms with Crippen LogP contribution in [0.1, 0.15) is 6.92 Å². The van der Waals surface area contributed by atoms with Gasteiger partial charge in [0, 0.05) is 6.07 Å². The quantitative estimate of drug-likeness (QED) is 0.788. The average molecular weight is 196 g/mol. The van der Waals surface area contributed by atoms with Crippen molar-refractivity contribution in [3.63, 3.8) is 0 Å². The lowest BCUT2D eigenvalue weighted by atomic mass is 10.3.